The molecular formula is C12H21N3O6. The van der Waals surface area contributed by atoms with E-state index in [4.69, 9.17) is 15.1 Å². The van der Waals surface area contributed by atoms with Crippen molar-refractivity contribution in [1.82, 2.24) is 10.6 Å². The van der Waals surface area contributed by atoms with Gasteiger partial charge in [0.1, 0.15) is 11.4 Å². The second kappa shape index (κ2) is 8.77. The van der Waals surface area contributed by atoms with E-state index in [9.17, 15) is 14.4 Å². The van der Waals surface area contributed by atoms with E-state index < -0.39 is 23.6 Å². The van der Waals surface area contributed by atoms with Crippen molar-refractivity contribution in [2.24, 2.45) is 5.16 Å². The summed E-state index contributed by atoms with van der Waals surface area (Å²) in [5.41, 5.74) is -0.625. The van der Waals surface area contributed by atoms with Crippen LogP contribution in [0.3, 0.4) is 0 Å². The summed E-state index contributed by atoms with van der Waals surface area (Å²) in [6.45, 7) is 5.18. The highest BCUT2D eigenvalue weighted by Gasteiger charge is 2.16. The van der Waals surface area contributed by atoms with Crippen molar-refractivity contribution in [2.45, 2.75) is 45.6 Å². The smallest absolute Gasteiger partial charge is 0.407 e. The molecule has 0 rings (SSSR count). The Labute approximate surface area is 122 Å². The molecule has 0 radical (unpaired) electrons. The Morgan fingerprint density at radius 2 is 1.76 bits per heavy atom. The molecular weight excluding hydrogens is 282 g/mol. The molecule has 120 valence electrons. The monoisotopic (exact) mass is 303 g/mol. The Morgan fingerprint density at radius 1 is 1.14 bits per heavy atom. The van der Waals surface area contributed by atoms with Gasteiger partial charge < -0.3 is 25.7 Å². The van der Waals surface area contributed by atoms with E-state index in [-0.39, 0.29) is 31.6 Å². The second-order valence-electron chi connectivity index (χ2n) is 5.17. The van der Waals surface area contributed by atoms with Crippen LogP contribution in [0.15, 0.2) is 5.16 Å². The molecule has 9 nitrogen and oxygen atoms in total. The first-order valence-corrected chi connectivity index (χ1v) is 6.33. The fourth-order valence-corrected chi connectivity index (χ4v) is 1.18. The largest absolute Gasteiger partial charge is 0.481 e. The van der Waals surface area contributed by atoms with Crippen molar-refractivity contribution in [2.75, 3.05) is 6.54 Å². The van der Waals surface area contributed by atoms with E-state index in [2.05, 4.69) is 15.8 Å². The van der Waals surface area contributed by atoms with Crippen LogP contribution in [0.2, 0.25) is 0 Å². The zero-order valence-corrected chi connectivity index (χ0v) is 12.3. The Kier molecular flexibility index (Phi) is 7.80. The predicted molar refractivity (Wildman–Crippen MR) is 73.1 cm³/mol. The van der Waals surface area contributed by atoms with Gasteiger partial charge in [0.15, 0.2) is 0 Å². The lowest BCUT2D eigenvalue weighted by Crippen LogP contribution is -2.36. The van der Waals surface area contributed by atoms with Crippen LogP contribution in [0.25, 0.3) is 0 Å². The summed E-state index contributed by atoms with van der Waals surface area (Å²) in [7, 11) is 0. The number of hydrogen-bond acceptors (Lipinski definition) is 6. The summed E-state index contributed by atoms with van der Waals surface area (Å²) in [5, 5.41) is 24.5. The van der Waals surface area contributed by atoms with E-state index in [0.717, 1.165) is 0 Å². The van der Waals surface area contributed by atoms with E-state index in [0.29, 0.717) is 0 Å². The van der Waals surface area contributed by atoms with Gasteiger partial charge in [0.05, 0.1) is 6.42 Å². The van der Waals surface area contributed by atoms with E-state index in [1.807, 2.05) is 0 Å². The van der Waals surface area contributed by atoms with Crippen LogP contribution in [0.4, 0.5) is 4.79 Å². The molecule has 0 atom stereocenters. The molecule has 9 heteroatoms. The number of amides is 2. The number of alkyl carbamates (subject to hydrolysis) is 1. The van der Waals surface area contributed by atoms with Crippen molar-refractivity contribution in [3.63, 3.8) is 0 Å². The maximum absolute atomic E-state index is 11.5. The summed E-state index contributed by atoms with van der Waals surface area (Å²) in [5.74, 6) is -1.72. The summed E-state index contributed by atoms with van der Waals surface area (Å²) >= 11 is 0. The number of oxime groups is 1. The molecule has 21 heavy (non-hydrogen) atoms. The lowest BCUT2D eigenvalue weighted by Gasteiger charge is -2.19. The number of rotatable bonds is 6. The Hall–Kier alpha value is -2.32. The highest BCUT2D eigenvalue weighted by atomic mass is 16.6. The maximum Gasteiger partial charge on any atom is 0.407 e. The van der Waals surface area contributed by atoms with Crippen molar-refractivity contribution in [3.8, 4) is 0 Å². The molecule has 0 aromatic carbocycles. The van der Waals surface area contributed by atoms with Crippen LogP contribution >= 0.6 is 0 Å². The SMILES string of the molecule is CC(C)(C)OC(=O)NCCC(=O)N/C(CCC(=O)O)=N/O. The first-order valence-electron chi connectivity index (χ1n) is 6.33. The number of carboxylic acids is 1. The molecule has 0 unspecified atom stereocenters. The van der Waals surface area contributed by atoms with Crippen LogP contribution < -0.4 is 10.6 Å². The lowest BCUT2D eigenvalue weighted by atomic mass is 10.2. The summed E-state index contributed by atoms with van der Waals surface area (Å²) in [4.78, 5) is 33.1. The van der Waals surface area contributed by atoms with Gasteiger partial charge in [0, 0.05) is 19.4 Å². The fourth-order valence-electron chi connectivity index (χ4n) is 1.18. The molecule has 0 saturated carbocycles. The van der Waals surface area contributed by atoms with Crippen LogP contribution in [0.1, 0.15) is 40.0 Å². The first-order chi connectivity index (χ1) is 9.64. The minimum atomic E-state index is -1.07. The maximum atomic E-state index is 11.5. The number of carboxylic acid groups (broad SMARTS) is 1. The second-order valence-corrected chi connectivity index (χ2v) is 5.17. The normalized spacial score (nSPS) is 11.7. The molecule has 0 spiro atoms. The van der Waals surface area contributed by atoms with Gasteiger partial charge in [-0.15, -0.1) is 0 Å². The molecule has 0 aromatic rings. The number of hydrogen-bond donors (Lipinski definition) is 4. The lowest BCUT2D eigenvalue weighted by molar-refractivity contribution is -0.136. The van der Waals surface area contributed by atoms with Crippen molar-refractivity contribution >= 4 is 23.8 Å². The third kappa shape index (κ3) is 11.2. The molecule has 0 bridgehead atoms. The number of carbonyl (C=O) groups excluding carboxylic acids is 2. The van der Waals surface area contributed by atoms with Gasteiger partial charge in [0.25, 0.3) is 0 Å². The average molecular weight is 303 g/mol. The highest BCUT2D eigenvalue weighted by Crippen LogP contribution is 2.06. The van der Waals surface area contributed by atoms with Crippen LogP contribution in [0.5, 0.6) is 0 Å². The van der Waals surface area contributed by atoms with Gasteiger partial charge in [-0.3, -0.25) is 9.59 Å². The van der Waals surface area contributed by atoms with Gasteiger partial charge in [-0.2, -0.15) is 0 Å². The topological polar surface area (TPSA) is 137 Å². The van der Waals surface area contributed by atoms with Gasteiger partial charge in [-0.1, -0.05) is 5.16 Å². The average Bonchev–Trinajstić information content (AvgIpc) is 2.31. The first kappa shape index (κ1) is 18.7. The van der Waals surface area contributed by atoms with Gasteiger partial charge >= 0.3 is 12.1 Å². The number of amidine groups is 1. The standard InChI is InChI=1S/C12H21N3O6/c1-12(2,3)21-11(19)13-7-6-9(16)14-8(15-20)4-5-10(17)18/h20H,4-7H2,1-3H3,(H,13,19)(H,17,18)(H,14,15,16). The molecule has 0 heterocycles. The molecule has 0 aliphatic carbocycles. The minimum absolute atomic E-state index is 0.0401. The third-order valence-electron chi connectivity index (χ3n) is 2.00. The fraction of sp³-hybridized carbons (Fsp3) is 0.667. The minimum Gasteiger partial charge on any atom is -0.481 e. The third-order valence-corrected chi connectivity index (χ3v) is 2.00. The molecule has 0 fully saturated rings. The Balaban J connectivity index is 3.99. The van der Waals surface area contributed by atoms with Crippen molar-refractivity contribution in [3.05, 3.63) is 0 Å². The molecule has 0 aromatic heterocycles. The van der Waals surface area contributed by atoms with E-state index in [1.165, 1.54) is 0 Å². The summed E-state index contributed by atoms with van der Waals surface area (Å²) in [6, 6.07) is 0. The highest BCUT2D eigenvalue weighted by molar-refractivity contribution is 5.98. The number of ether oxygens (including phenoxy) is 1. The zero-order valence-electron chi connectivity index (χ0n) is 12.3. The summed E-state index contributed by atoms with van der Waals surface area (Å²) in [6.07, 6.45) is -1.07. The molecule has 0 saturated heterocycles. The number of aliphatic carboxylic acids is 1. The molecule has 0 aliphatic heterocycles. The Bertz CT molecular complexity index is 414. The number of nitrogens with one attached hydrogen (secondary N) is 2. The quantitative estimate of drug-likeness (QED) is 0.246. The predicted octanol–water partition coefficient (Wildman–Crippen LogP) is 0.670. The van der Waals surface area contributed by atoms with Crippen LogP contribution in [0, 0.1) is 0 Å². The zero-order chi connectivity index (χ0) is 16.5. The summed E-state index contributed by atoms with van der Waals surface area (Å²) < 4.78 is 4.98. The number of carbonyl (C=O) groups is 3. The molecule has 4 N–H and O–H groups in total. The molecule has 2 amide bonds. The van der Waals surface area contributed by atoms with Crippen molar-refractivity contribution < 1.29 is 29.4 Å². The molecule has 0 aliphatic rings. The van der Waals surface area contributed by atoms with E-state index in [1.54, 1.807) is 20.8 Å². The van der Waals surface area contributed by atoms with Gasteiger partial charge in [-0.05, 0) is 20.8 Å². The number of nitrogens with zero attached hydrogens (tertiary/aromatic N) is 1. The van der Waals surface area contributed by atoms with Crippen LogP contribution in [-0.2, 0) is 14.3 Å². The Morgan fingerprint density at radius 3 is 2.24 bits per heavy atom. The van der Waals surface area contributed by atoms with Gasteiger partial charge in [-0.25, -0.2) is 4.79 Å². The van der Waals surface area contributed by atoms with Crippen LogP contribution in [-0.4, -0.2) is 46.3 Å². The van der Waals surface area contributed by atoms with Gasteiger partial charge in [0.2, 0.25) is 5.91 Å². The van der Waals surface area contributed by atoms with Crippen molar-refractivity contribution in [1.29, 1.82) is 0 Å². The van der Waals surface area contributed by atoms with E-state index >= 15 is 0 Å².